The van der Waals surface area contributed by atoms with Gasteiger partial charge in [0.05, 0.1) is 6.54 Å². The number of amides is 1. The van der Waals surface area contributed by atoms with Crippen LogP contribution in [0, 0.1) is 0 Å². The van der Waals surface area contributed by atoms with Crippen LogP contribution >= 0.6 is 0 Å². The lowest BCUT2D eigenvalue weighted by Gasteiger charge is -2.19. The first kappa shape index (κ1) is 29.4. The predicted molar refractivity (Wildman–Crippen MR) is 134 cm³/mol. The van der Waals surface area contributed by atoms with Crippen molar-refractivity contribution in [2.24, 2.45) is 0 Å². The van der Waals surface area contributed by atoms with Gasteiger partial charge in [0.1, 0.15) is 12.2 Å². The van der Waals surface area contributed by atoms with Crippen LogP contribution in [-0.4, -0.2) is 30.8 Å². The number of hydrogen-bond acceptors (Lipinski definition) is 4. The molecule has 0 heterocycles. The van der Waals surface area contributed by atoms with Crippen molar-refractivity contribution in [2.45, 2.75) is 84.7 Å². The molecule has 180 valence electrons. The number of nitrogens with one attached hydrogen (secondary N) is 1. The van der Waals surface area contributed by atoms with Crippen molar-refractivity contribution in [3.8, 4) is 0 Å². The van der Waals surface area contributed by atoms with Crippen LogP contribution in [0.1, 0.15) is 79.1 Å². The van der Waals surface area contributed by atoms with E-state index in [2.05, 4.69) is 24.4 Å². The average molecular weight is 446 g/mol. The highest BCUT2D eigenvalue weighted by Crippen LogP contribution is 2.08. The van der Waals surface area contributed by atoms with Gasteiger partial charge in [0.25, 0.3) is 0 Å². The molecule has 0 rings (SSSR count). The van der Waals surface area contributed by atoms with Crippen LogP contribution in [0.15, 0.2) is 60.8 Å². The lowest BCUT2D eigenvalue weighted by molar-refractivity contribution is -0.137. The van der Waals surface area contributed by atoms with Gasteiger partial charge in [0.2, 0.25) is 0 Å². The molecule has 1 amide bonds. The van der Waals surface area contributed by atoms with Crippen molar-refractivity contribution in [3.63, 3.8) is 0 Å². The van der Waals surface area contributed by atoms with Crippen LogP contribution in [0.5, 0.6) is 0 Å². The minimum Gasteiger partial charge on any atom is -0.461 e. The van der Waals surface area contributed by atoms with E-state index in [0.29, 0.717) is 0 Å². The summed E-state index contributed by atoms with van der Waals surface area (Å²) in [6, 6.07) is 0. The zero-order valence-electron chi connectivity index (χ0n) is 20.5. The van der Waals surface area contributed by atoms with Gasteiger partial charge in [-0.15, -0.1) is 0 Å². The molecule has 0 spiro atoms. The van der Waals surface area contributed by atoms with Gasteiger partial charge in [-0.25, -0.2) is 9.59 Å². The molecule has 0 aliphatic heterocycles. The molecule has 0 aliphatic rings. The van der Waals surface area contributed by atoms with Gasteiger partial charge in [-0.05, 0) is 33.6 Å². The highest BCUT2D eigenvalue weighted by molar-refractivity contribution is 5.82. The lowest BCUT2D eigenvalue weighted by Crippen LogP contribution is -2.34. The molecule has 0 unspecified atom stereocenters. The second-order valence-electron chi connectivity index (χ2n) is 8.45. The Kier molecular flexibility index (Phi) is 18.7. The summed E-state index contributed by atoms with van der Waals surface area (Å²) in [5.41, 5.74) is -0.552. The Hall–Kier alpha value is -2.56. The van der Waals surface area contributed by atoms with E-state index in [1.54, 1.807) is 32.9 Å². The molecular formula is C27H43NO4. The number of esters is 1. The highest BCUT2D eigenvalue weighted by Gasteiger charge is 2.15. The van der Waals surface area contributed by atoms with Crippen molar-refractivity contribution >= 4 is 12.1 Å². The summed E-state index contributed by atoms with van der Waals surface area (Å²) in [6.45, 7) is 7.89. The second-order valence-corrected chi connectivity index (χ2v) is 8.45. The molecule has 0 saturated heterocycles. The SMILES string of the molecule is CCCCCCCCCC=CC=CC=CC=CC=CC(=O)OCCNC(=O)OC(C)(C)C. The van der Waals surface area contributed by atoms with E-state index in [9.17, 15) is 9.59 Å². The van der Waals surface area contributed by atoms with E-state index in [1.165, 1.54) is 51.0 Å². The smallest absolute Gasteiger partial charge is 0.407 e. The second kappa shape index (κ2) is 20.3. The Labute approximate surface area is 195 Å². The Balaban J connectivity index is 3.74. The number of ether oxygens (including phenoxy) is 2. The van der Waals surface area contributed by atoms with Gasteiger partial charge < -0.3 is 14.8 Å². The van der Waals surface area contributed by atoms with Gasteiger partial charge in [-0.3, -0.25) is 0 Å². The van der Waals surface area contributed by atoms with Gasteiger partial charge in [-0.2, -0.15) is 0 Å². The fourth-order valence-electron chi connectivity index (χ4n) is 2.58. The van der Waals surface area contributed by atoms with Crippen LogP contribution in [0.3, 0.4) is 0 Å². The van der Waals surface area contributed by atoms with Crippen LogP contribution in [-0.2, 0) is 14.3 Å². The first-order chi connectivity index (χ1) is 15.3. The summed E-state index contributed by atoms with van der Waals surface area (Å²) in [5, 5.41) is 2.52. The minimum absolute atomic E-state index is 0.0866. The molecule has 0 aliphatic carbocycles. The van der Waals surface area contributed by atoms with Crippen molar-refractivity contribution in [1.29, 1.82) is 0 Å². The van der Waals surface area contributed by atoms with Crippen molar-refractivity contribution in [3.05, 3.63) is 60.8 Å². The third-order valence-corrected chi connectivity index (χ3v) is 4.14. The van der Waals surface area contributed by atoms with Gasteiger partial charge in [0.15, 0.2) is 0 Å². The maximum Gasteiger partial charge on any atom is 0.407 e. The molecule has 0 aromatic carbocycles. The largest absolute Gasteiger partial charge is 0.461 e. The number of rotatable bonds is 16. The lowest BCUT2D eigenvalue weighted by atomic mass is 10.1. The van der Waals surface area contributed by atoms with Crippen LogP contribution in [0.2, 0.25) is 0 Å². The summed E-state index contributed by atoms with van der Waals surface area (Å²) in [7, 11) is 0. The zero-order chi connectivity index (χ0) is 23.9. The van der Waals surface area contributed by atoms with Gasteiger partial charge >= 0.3 is 12.1 Å². The fourth-order valence-corrected chi connectivity index (χ4v) is 2.58. The standard InChI is InChI=1S/C27H43NO4/c1-5-6-7-8-9-10-11-12-13-14-15-16-17-18-19-20-21-22-25(29)31-24-23-28-26(30)32-27(2,3)4/h13-22H,5-12,23-24H2,1-4H3,(H,28,30). The Morgan fingerprint density at radius 2 is 1.34 bits per heavy atom. The molecule has 0 bridgehead atoms. The Bertz CT molecular complexity index is 637. The van der Waals surface area contributed by atoms with E-state index >= 15 is 0 Å². The maximum absolute atomic E-state index is 11.6. The topological polar surface area (TPSA) is 64.6 Å². The summed E-state index contributed by atoms with van der Waals surface area (Å²) >= 11 is 0. The molecule has 0 aromatic heterocycles. The van der Waals surface area contributed by atoms with Crippen molar-refractivity contribution in [2.75, 3.05) is 13.2 Å². The fraction of sp³-hybridized carbons (Fsp3) is 0.556. The Morgan fingerprint density at radius 3 is 1.97 bits per heavy atom. The molecule has 0 saturated carbocycles. The molecule has 5 nitrogen and oxygen atoms in total. The number of allylic oxidation sites excluding steroid dienone is 9. The summed E-state index contributed by atoms with van der Waals surface area (Å²) in [4.78, 5) is 23.0. The van der Waals surface area contributed by atoms with Crippen LogP contribution < -0.4 is 5.32 Å². The van der Waals surface area contributed by atoms with Crippen LogP contribution in [0.4, 0.5) is 4.79 Å². The molecule has 0 aromatic rings. The first-order valence-electron chi connectivity index (χ1n) is 11.8. The molecule has 1 N–H and O–H groups in total. The Morgan fingerprint density at radius 1 is 0.781 bits per heavy atom. The normalized spacial score (nSPS) is 12.6. The summed E-state index contributed by atoms with van der Waals surface area (Å²) in [5.74, 6) is -0.462. The third-order valence-electron chi connectivity index (χ3n) is 4.14. The first-order valence-corrected chi connectivity index (χ1v) is 11.8. The third kappa shape index (κ3) is 23.7. The maximum atomic E-state index is 11.6. The number of carbonyl (C=O) groups excluding carboxylic acids is 2. The van der Waals surface area contributed by atoms with Gasteiger partial charge in [0, 0.05) is 6.08 Å². The van der Waals surface area contributed by atoms with Crippen LogP contribution in [0.25, 0.3) is 0 Å². The van der Waals surface area contributed by atoms with Crippen molar-refractivity contribution in [1.82, 2.24) is 5.32 Å². The molecule has 0 atom stereocenters. The molecule has 0 fully saturated rings. The van der Waals surface area contributed by atoms with Crippen molar-refractivity contribution < 1.29 is 19.1 Å². The molecule has 32 heavy (non-hydrogen) atoms. The van der Waals surface area contributed by atoms with E-state index in [-0.39, 0.29) is 13.2 Å². The highest BCUT2D eigenvalue weighted by atomic mass is 16.6. The number of alkyl carbamates (subject to hydrolysis) is 1. The molecular weight excluding hydrogens is 402 g/mol. The molecule has 5 heteroatoms. The number of carbonyl (C=O) groups is 2. The molecule has 0 radical (unpaired) electrons. The minimum atomic E-state index is -0.552. The predicted octanol–water partition coefficient (Wildman–Crippen LogP) is 6.98. The van der Waals surface area contributed by atoms with E-state index < -0.39 is 17.7 Å². The monoisotopic (exact) mass is 445 g/mol. The number of unbranched alkanes of at least 4 members (excludes halogenated alkanes) is 7. The zero-order valence-corrected chi connectivity index (χ0v) is 20.5. The van der Waals surface area contributed by atoms with E-state index in [4.69, 9.17) is 9.47 Å². The summed E-state index contributed by atoms with van der Waals surface area (Å²) in [6.07, 6.45) is 28.6. The van der Waals surface area contributed by atoms with E-state index in [0.717, 1.165) is 6.42 Å². The van der Waals surface area contributed by atoms with Gasteiger partial charge in [-0.1, -0.05) is 100 Å². The quantitative estimate of drug-likeness (QED) is 0.120. The number of hydrogen-bond donors (Lipinski definition) is 1. The summed E-state index contributed by atoms with van der Waals surface area (Å²) < 4.78 is 10.1. The van der Waals surface area contributed by atoms with E-state index in [1.807, 2.05) is 30.4 Å². The average Bonchev–Trinajstić information content (AvgIpc) is 2.72.